The molecule has 2 nitrogen and oxygen atoms in total. The summed E-state index contributed by atoms with van der Waals surface area (Å²) in [5.74, 6) is 0.910. The van der Waals surface area contributed by atoms with Crippen molar-refractivity contribution in [3.8, 4) is 0 Å². The molecule has 0 unspecified atom stereocenters. The van der Waals surface area contributed by atoms with Gasteiger partial charge in [0, 0.05) is 5.92 Å². The Morgan fingerprint density at radius 2 is 1.69 bits per heavy atom. The second-order valence-electron chi connectivity index (χ2n) is 4.39. The Morgan fingerprint density at radius 1 is 1.00 bits per heavy atom. The fourth-order valence-electron chi connectivity index (χ4n) is 2.59. The fourth-order valence-corrected chi connectivity index (χ4v) is 2.59. The van der Waals surface area contributed by atoms with E-state index in [2.05, 4.69) is 5.32 Å². The van der Waals surface area contributed by atoms with Crippen molar-refractivity contribution in [2.75, 3.05) is 6.54 Å². The van der Waals surface area contributed by atoms with Crippen LogP contribution in [0.3, 0.4) is 0 Å². The summed E-state index contributed by atoms with van der Waals surface area (Å²) in [6.07, 6.45) is 8.39. The van der Waals surface area contributed by atoms with E-state index >= 15 is 0 Å². The molecule has 2 fully saturated rings. The van der Waals surface area contributed by atoms with Crippen molar-refractivity contribution < 1.29 is 4.79 Å². The first-order valence-electron chi connectivity index (χ1n) is 5.65. The third kappa shape index (κ3) is 2.11. The Morgan fingerprint density at radius 3 is 2.31 bits per heavy atom. The average Bonchev–Trinajstić information content (AvgIpc) is 2.71. The van der Waals surface area contributed by atoms with Crippen molar-refractivity contribution in [2.24, 2.45) is 5.92 Å². The molecule has 2 heteroatoms. The van der Waals surface area contributed by atoms with Gasteiger partial charge in [-0.2, -0.15) is 0 Å². The summed E-state index contributed by atoms with van der Waals surface area (Å²) in [5.41, 5.74) is 0. The highest BCUT2D eigenvalue weighted by molar-refractivity contribution is 5.86. The van der Waals surface area contributed by atoms with Crippen LogP contribution in [0, 0.1) is 5.92 Å². The van der Waals surface area contributed by atoms with Crippen molar-refractivity contribution in [3.63, 3.8) is 0 Å². The first kappa shape index (κ1) is 9.20. The largest absolute Gasteiger partial charge is 0.307 e. The van der Waals surface area contributed by atoms with Crippen LogP contribution in [0.15, 0.2) is 0 Å². The van der Waals surface area contributed by atoms with E-state index in [9.17, 15) is 4.79 Å². The summed E-state index contributed by atoms with van der Waals surface area (Å²) in [5, 5.41) is 3.35. The first-order valence-corrected chi connectivity index (χ1v) is 5.65. The molecule has 2 rings (SSSR count). The van der Waals surface area contributed by atoms with Crippen molar-refractivity contribution in [2.45, 2.75) is 51.0 Å². The zero-order valence-corrected chi connectivity index (χ0v) is 8.22. The lowest BCUT2D eigenvalue weighted by Gasteiger charge is -2.24. The van der Waals surface area contributed by atoms with Crippen LogP contribution in [-0.2, 0) is 4.79 Å². The predicted molar refractivity (Wildman–Crippen MR) is 52.6 cm³/mol. The molecule has 1 saturated carbocycles. The van der Waals surface area contributed by atoms with Gasteiger partial charge in [-0.25, -0.2) is 0 Å². The van der Waals surface area contributed by atoms with Crippen molar-refractivity contribution in [3.05, 3.63) is 0 Å². The van der Waals surface area contributed by atoms with Crippen LogP contribution in [-0.4, -0.2) is 18.4 Å². The summed E-state index contributed by atoms with van der Waals surface area (Å²) < 4.78 is 0. The Labute approximate surface area is 80.1 Å². The molecule has 0 spiro atoms. The van der Waals surface area contributed by atoms with Gasteiger partial charge in [-0.15, -0.1) is 0 Å². The molecule has 0 radical (unpaired) electrons. The van der Waals surface area contributed by atoms with Gasteiger partial charge >= 0.3 is 0 Å². The number of hydrogen-bond acceptors (Lipinski definition) is 2. The van der Waals surface area contributed by atoms with Crippen molar-refractivity contribution in [1.82, 2.24) is 5.32 Å². The van der Waals surface area contributed by atoms with Crippen LogP contribution >= 0.6 is 0 Å². The highest BCUT2D eigenvalue weighted by Crippen LogP contribution is 2.27. The molecule has 0 aromatic carbocycles. The molecule has 13 heavy (non-hydrogen) atoms. The molecule has 1 aliphatic heterocycles. The van der Waals surface area contributed by atoms with E-state index in [1.54, 1.807) is 0 Å². The average molecular weight is 181 g/mol. The monoisotopic (exact) mass is 181 g/mol. The number of nitrogens with one attached hydrogen (secondary N) is 1. The minimum absolute atomic E-state index is 0.205. The first-order chi connectivity index (χ1) is 6.38. The molecule has 1 aliphatic carbocycles. The molecular formula is C11H19NO. The topological polar surface area (TPSA) is 29.1 Å². The van der Waals surface area contributed by atoms with E-state index in [4.69, 9.17) is 0 Å². The summed E-state index contributed by atoms with van der Waals surface area (Å²) in [7, 11) is 0. The maximum absolute atomic E-state index is 11.9. The van der Waals surface area contributed by atoms with E-state index in [1.165, 1.54) is 25.7 Å². The van der Waals surface area contributed by atoms with E-state index in [-0.39, 0.29) is 6.04 Å². The van der Waals surface area contributed by atoms with Gasteiger partial charge in [-0.05, 0) is 32.2 Å². The molecule has 1 heterocycles. The summed E-state index contributed by atoms with van der Waals surface area (Å²) in [4.78, 5) is 11.9. The lowest BCUT2D eigenvalue weighted by Crippen LogP contribution is -2.42. The van der Waals surface area contributed by atoms with Crippen LogP contribution in [0.25, 0.3) is 0 Å². The number of carbonyl (C=O) groups is 1. The Hall–Kier alpha value is -0.370. The van der Waals surface area contributed by atoms with Crippen LogP contribution in [0.5, 0.6) is 0 Å². The van der Waals surface area contributed by atoms with Crippen LogP contribution in [0.2, 0.25) is 0 Å². The maximum Gasteiger partial charge on any atom is 0.152 e. The molecule has 0 bridgehead atoms. The zero-order valence-electron chi connectivity index (χ0n) is 8.22. The van der Waals surface area contributed by atoms with Gasteiger partial charge < -0.3 is 5.32 Å². The van der Waals surface area contributed by atoms with E-state index in [1.807, 2.05) is 0 Å². The second-order valence-corrected chi connectivity index (χ2v) is 4.39. The highest BCUT2D eigenvalue weighted by Gasteiger charge is 2.29. The minimum atomic E-state index is 0.205. The number of ketones is 1. The van der Waals surface area contributed by atoms with Crippen LogP contribution < -0.4 is 5.32 Å². The Kier molecular flexibility index (Phi) is 2.99. The summed E-state index contributed by atoms with van der Waals surface area (Å²) in [6.45, 7) is 1.04. The molecule has 0 aromatic heterocycles. The fraction of sp³-hybridized carbons (Fsp3) is 0.909. The van der Waals surface area contributed by atoms with Gasteiger partial charge in [0.15, 0.2) is 5.78 Å². The van der Waals surface area contributed by atoms with E-state index < -0.39 is 0 Å². The van der Waals surface area contributed by atoms with Crippen LogP contribution in [0.1, 0.15) is 44.9 Å². The van der Waals surface area contributed by atoms with Gasteiger partial charge in [0.2, 0.25) is 0 Å². The molecular weight excluding hydrogens is 162 g/mol. The minimum Gasteiger partial charge on any atom is -0.307 e. The number of Topliss-reactive ketones (excluding diaryl/α,β-unsaturated/α-hetero) is 1. The quantitative estimate of drug-likeness (QED) is 0.705. The van der Waals surface area contributed by atoms with Gasteiger partial charge in [-0.3, -0.25) is 4.79 Å². The maximum atomic E-state index is 11.9. The van der Waals surface area contributed by atoms with Gasteiger partial charge in [-0.1, -0.05) is 19.3 Å². The van der Waals surface area contributed by atoms with Gasteiger partial charge in [0.1, 0.15) is 0 Å². The van der Waals surface area contributed by atoms with Crippen molar-refractivity contribution in [1.29, 1.82) is 0 Å². The molecule has 1 atom stereocenters. The van der Waals surface area contributed by atoms with Crippen LogP contribution in [0.4, 0.5) is 0 Å². The number of hydrogen-bond donors (Lipinski definition) is 1. The standard InChI is InChI=1S/C11H19NO/c13-11(9-5-1-2-6-9)10-7-3-4-8-12-10/h9-10,12H,1-8H2/t10-/m0/s1. The number of carbonyl (C=O) groups excluding carboxylic acids is 1. The van der Waals surface area contributed by atoms with Gasteiger partial charge in [0.25, 0.3) is 0 Å². The second kappa shape index (κ2) is 4.23. The number of piperidine rings is 1. The van der Waals surface area contributed by atoms with E-state index in [0.29, 0.717) is 11.7 Å². The van der Waals surface area contributed by atoms with E-state index in [0.717, 1.165) is 25.8 Å². The molecule has 1 N–H and O–H groups in total. The summed E-state index contributed by atoms with van der Waals surface area (Å²) in [6, 6.07) is 0.205. The molecule has 0 amide bonds. The third-order valence-electron chi connectivity index (χ3n) is 3.41. The summed E-state index contributed by atoms with van der Waals surface area (Å²) >= 11 is 0. The number of rotatable bonds is 2. The zero-order chi connectivity index (χ0) is 9.10. The molecule has 1 saturated heterocycles. The Balaban J connectivity index is 1.87. The Bertz CT molecular complexity index is 179. The molecule has 74 valence electrons. The SMILES string of the molecule is O=C(C1CCCC1)[C@@H]1CCCCN1. The highest BCUT2D eigenvalue weighted by atomic mass is 16.1. The smallest absolute Gasteiger partial charge is 0.152 e. The predicted octanol–water partition coefficient (Wildman–Crippen LogP) is 1.89. The van der Waals surface area contributed by atoms with Crippen molar-refractivity contribution >= 4 is 5.78 Å². The normalized spacial score (nSPS) is 30.6. The molecule has 2 aliphatic rings. The van der Waals surface area contributed by atoms with Gasteiger partial charge in [0.05, 0.1) is 6.04 Å². The molecule has 0 aromatic rings. The lowest BCUT2D eigenvalue weighted by atomic mass is 9.91. The third-order valence-corrected chi connectivity index (χ3v) is 3.41. The lowest BCUT2D eigenvalue weighted by molar-refractivity contribution is -0.125.